The maximum Gasteiger partial charge on any atom is 0.442 e. The van der Waals surface area contributed by atoms with Crippen molar-refractivity contribution in [3.8, 4) is 10.7 Å². The van der Waals surface area contributed by atoms with E-state index >= 15 is 0 Å². The van der Waals surface area contributed by atoms with Gasteiger partial charge in [0.1, 0.15) is 6.54 Å². The number of fused-ring (bicyclic) bond motifs is 2. The average molecular weight is 347 g/mol. The highest BCUT2D eigenvalue weighted by atomic mass is 32.1. The highest BCUT2D eigenvalue weighted by Crippen LogP contribution is 2.49. The van der Waals surface area contributed by atoms with Gasteiger partial charge in [-0.1, -0.05) is 17.6 Å². The first kappa shape index (κ1) is 15.6. The molecular weight excluding hydrogens is 326 g/mol. The summed E-state index contributed by atoms with van der Waals surface area (Å²) in [6.07, 6.45) is 5.18. The van der Waals surface area contributed by atoms with E-state index in [1.807, 2.05) is 17.5 Å². The van der Waals surface area contributed by atoms with Gasteiger partial charge in [0.05, 0.1) is 4.88 Å². The lowest BCUT2D eigenvalue weighted by Gasteiger charge is -2.28. The largest absolute Gasteiger partial charge is 0.442 e. The molecule has 2 fully saturated rings. The summed E-state index contributed by atoms with van der Waals surface area (Å²) in [5.74, 6) is 1.84. The minimum absolute atomic E-state index is 0.0548. The number of hydrogen-bond acceptors (Lipinski definition) is 5. The van der Waals surface area contributed by atoms with Gasteiger partial charge in [-0.3, -0.25) is 9.32 Å². The SMILES string of the molecule is C[C@@H](NC(=O)Cn1c(-c2cccs2)noc1=O)[C@@H]1C[C@H]2CC[C@H]1C2. The first-order chi connectivity index (χ1) is 11.6. The van der Waals surface area contributed by atoms with Gasteiger partial charge in [0, 0.05) is 6.04 Å². The Kier molecular flexibility index (Phi) is 4.04. The molecule has 1 N–H and O–H groups in total. The molecule has 1 amide bonds. The topological polar surface area (TPSA) is 77.1 Å². The number of hydrogen-bond donors (Lipinski definition) is 1. The lowest BCUT2D eigenvalue weighted by molar-refractivity contribution is -0.122. The number of thiophene rings is 1. The molecule has 2 aromatic heterocycles. The van der Waals surface area contributed by atoms with E-state index in [0.717, 1.165) is 16.7 Å². The summed E-state index contributed by atoms with van der Waals surface area (Å²) in [6.45, 7) is 2.03. The van der Waals surface area contributed by atoms with E-state index in [-0.39, 0.29) is 18.5 Å². The van der Waals surface area contributed by atoms with Gasteiger partial charge in [0.25, 0.3) is 0 Å². The number of carbonyl (C=O) groups is 1. The zero-order valence-corrected chi connectivity index (χ0v) is 14.4. The number of nitrogens with one attached hydrogen (secondary N) is 1. The average Bonchev–Trinajstić information content (AvgIpc) is 3.31. The molecule has 0 saturated heterocycles. The van der Waals surface area contributed by atoms with Crippen LogP contribution in [0.4, 0.5) is 0 Å². The van der Waals surface area contributed by atoms with Crippen molar-refractivity contribution in [1.82, 2.24) is 15.0 Å². The quantitative estimate of drug-likeness (QED) is 0.901. The fourth-order valence-electron chi connectivity index (χ4n) is 4.45. The lowest BCUT2D eigenvalue weighted by Crippen LogP contribution is -2.42. The number of nitrogens with zero attached hydrogens (tertiary/aromatic N) is 2. The fourth-order valence-corrected chi connectivity index (χ4v) is 5.16. The number of rotatable bonds is 5. The van der Waals surface area contributed by atoms with Crippen LogP contribution in [0.25, 0.3) is 10.7 Å². The Balaban J connectivity index is 1.43. The molecule has 24 heavy (non-hydrogen) atoms. The minimum atomic E-state index is -0.596. The molecule has 2 heterocycles. The molecular formula is C17H21N3O3S. The van der Waals surface area contributed by atoms with Crippen molar-refractivity contribution in [3.05, 3.63) is 28.1 Å². The van der Waals surface area contributed by atoms with Gasteiger partial charge in [-0.2, -0.15) is 0 Å². The predicted molar refractivity (Wildman–Crippen MR) is 90.6 cm³/mol. The van der Waals surface area contributed by atoms with Crippen LogP contribution in [0.3, 0.4) is 0 Å². The van der Waals surface area contributed by atoms with Crippen LogP contribution in [0, 0.1) is 17.8 Å². The van der Waals surface area contributed by atoms with Gasteiger partial charge in [0.2, 0.25) is 5.91 Å². The third kappa shape index (κ3) is 2.81. The second kappa shape index (κ2) is 6.20. The van der Waals surface area contributed by atoms with Crippen LogP contribution >= 0.6 is 11.3 Å². The molecule has 2 saturated carbocycles. The maximum atomic E-state index is 12.4. The highest BCUT2D eigenvalue weighted by molar-refractivity contribution is 7.13. The summed E-state index contributed by atoms with van der Waals surface area (Å²) in [6, 6.07) is 3.88. The van der Waals surface area contributed by atoms with Gasteiger partial charge >= 0.3 is 5.76 Å². The number of aromatic nitrogens is 2. The van der Waals surface area contributed by atoms with E-state index in [1.54, 1.807) is 0 Å². The van der Waals surface area contributed by atoms with Crippen LogP contribution in [-0.4, -0.2) is 21.7 Å². The standard InChI is InChI=1S/C17H21N3O3S/c1-10(13-8-11-4-5-12(13)7-11)18-15(21)9-20-16(19-23-17(20)22)14-3-2-6-24-14/h2-3,6,10-13H,4-5,7-9H2,1H3,(H,18,21)/t10-,11+,12+,13+/m1/s1. The molecule has 128 valence electrons. The minimum Gasteiger partial charge on any atom is -0.352 e. The third-order valence-corrected chi connectivity index (χ3v) is 6.42. The van der Waals surface area contributed by atoms with Crippen molar-refractivity contribution in [2.45, 2.75) is 45.2 Å². The van der Waals surface area contributed by atoms with Crippen LogP contribution in [0.1, 0.15) is 32.6 Å². The van der Waals surface area contributed by atoms with Gasteiger partial charge in [0.15, 0.2) is 5.82 Å². The Labute approximate surface area is 143 Å². The Bertz CT molecular complexity index is 779. The van der Waals surface area contributed by atoms with Crippen molar-refractivity contribution < 1.29 is 9.32 Å². The molecule has 0 radical (unpaired) electrons. The summed E-state index contributed by atoms with van der Waals surface area (Å²) >= 11 is 1.46. The van der Waals surface area contributed by atoms with Crippen LogP contribution in [0.5, 0.6) is 0 Å². The molecule has 7 heteroatoms. The van der Waals surface area contributed by atoms with E-state index in [0.29, 0.717) is 11.7 Å². The monoisotopic (exact) mass is 347 g/mol. The molecule has 4 atom stereocenters. The number of amides is 1. The zero-order chi connectivity index (χ0) is 16.7. The summed E-state index contributed by atoms with van der Waals surface area (Å²) in [5, 5.41) is 8.78. The second-order valence-electron chi connectivity index (χ2n) is 7.03. The molecule has 0 unspecified atom stereocenters. The maximum absolute atomic E-state index is 12.4. The van der Waals surface area contributed by atoms with Crippen LogP contribution in [-0.2, 0) is 11.3 Å². The first-order valence-corrected chi connectivity index (χ1v) is 9.39. The van der Waals surface area contributed by atoms with Gasteiger partial charge in [-0.25, -0.2) is 9.36 Å². The van der Waals surface area contributed by atoms with Crippen molar-refractivity contribution in [2.75, 3.05) is 0 Å². The van der Waals surface area contributed by atoms with Crippen molar-refractivity contribution in [3.63, 3.8) is 0 Å². The van der Waals surface area contributed by atoms with E-state index in [4.69, 9.17) is 4.52 Å². The summed E-state index contributed by atoms with van der Waals surface area (Å²) in [4.78, 5) is 25.1. The highest BCUT2D eigenvalue weighted by Gasteiger charge is 2.42. The Hall–Kier alpha value is -1.89. The third-order valence-electron chi connectivity index (χ3n) is 5.55. The molecule has 2 aliphatic rings. The van der Waals surface area contributed by atoms with E-state index in [9.17, 15) is 9.59 Å². The Morgan fingerprint density at radius 2 is 2.38 bits per heavy atom. The Morgan fingerprint density at radius 1 is 1.50 bits per heavy atom. The molecule has 4 rings (SSSR count). The van der Waals surface area contributed by atoms with Crippen LogP contribution in [0.2, 0.25) is 0 Å². The molecule has 0 aromatic carbocycles. The lowest BCUT2D eigenvalue weighted by atomic mass is 9.84. The van der Waals surface area contributed by atoms with Crippen LogP contribution < -0.4 is 11.1 Å². The van der Waals surface area contributed by atoms with E-state index < -0.39 is 5.76 Å². The smallest absolute Gasteiger partial charge is 0.352 e. The van der Waals surface area contributed by atoms with E-state index in [2.05, 4.69) is 17.4 Å². The molecule has 2 aliphatic carbocycles. The van der Waals surface area contributed by atoms with Crippen molar-refractivity contribution in [1.29, 1.82) is 0 Å². The fraction of sp³-hybridized carbons (Fsp3) is 0.588. The molecule has 0 spiro atoms. The summed E-state index contributed by atoms with van der Waals surface area (Å²) in [7, 11) is 0. The molecule has 6 nitrogen and oxygen atoms in total. The van der Waals surface area contributed by atoms with Gasteiger partial charge in [-0.05, 0) is 55.4 Å². The molecule has 0 aliphatic heterocycles. The summed E-state index contributed by atoms with van der Waals surface area (Å²) < 4.78 is 6.05. The van der Waals surface area contributed by atoms with Gasteiger partial charge < -0.3 is 5.32 Å². The van der Waals surface area contributed by atoms with E-state index in [1.165, 1.54) is 41.6 Å². The van der Waals surface area contributed by atoms with Crippen LogP contribution in [0.15, 0.2) is 26.8 Å². The first-order valence-electron chi connectivity index (χ1n) is 8.51. The van der Waals surface area contributed by atoms with Gasteiger partial charge in [-0.15, -0.1) is 11.3 Å². The van der Waals surface area contributed by atoms with Crippen molar-refractivity contribution >= 4 is 17.2 Å². The normalized spacial score (nSPS) is 26.6. The molecule has 2 bridgehead atoms. The predicted octanol–water partition coefficient (Wildman–Crippen LogP) is 2.51. The molecule has 2 aromatic rings. The van der Waals surface area contributed by atoms with Crippen molar-refractivity contribution in [2.24, 2.45) is 17.8 Å². The summed E-state index contributed by atoms with van der Waals surface area (Å²) in [5.41, 5.74) is 0. The zero-order valence-electron chi connectivity index (χ0n) is 13.6. The second-order valence-corrected chi connectivity index (χ2v) is 7.98. The Morgan fingerprint density at radius 3 is 3.04 bits per heavy atom. The number of carbonyl (C=O) groups excluding carboxylic acids is 1.